The second-order valence-electron chi connectivity index (χ2n) is 4.11. The molecule has 0 aromatic carbocycles. The molecule has 1 aliphatic rings. The predicted octanol–water partition coefficient (Wildman–Crippen LogP) is 3.50. The Morgan fingerprint density at radius 2 is 2.38 bits per heavy atom. The van der Waals surface area contributed by atoms with Crippen molar-refractivity contribution in [3.63, 3.8) is 0 Å². The highest BCUT2D eigenvalue weighted by molar-refractivity contribution is 9.10. The maximum atomic E-state index is 5.77. The van der Waals surface area contributed by atoms with Gasteiger partial charge in [-0.3, -0.25) is 0 Å². The second kappa shape index (κ2) is 4.18. The molecule has 0 spiro atoms. The van der Waals surface area contributed by atoms with Crippen molar-refractivity contribution in [3.8, 4) is 0 Å². The number of rotatable bonds is 1. The van der Waals surface area contributed by atoms with Crippen molar-refractivity contribution in [1.29, 1.82) is 0 Å². The summed E-state index contributed by atoms with van der Waals surface area (Å²) in [6.07, 6.45) is 7.57. The quantitative estimate of drug-likeness (QED) is 0.800. The molecule has 0 N–H and O–H groups in total. The van der Waals surface area contributed by atoms with Crippen LogP contribution in [0.4, 0.5) is 0 Å². The summed E-state index contributed by atoms with van der Waals surface area (Å²) in [6.45, 7) is 0.862. The summed E-state index contributed by atoms with van der Waals surface area (Å²) < 4.78 is 8.93. The molecule has 2 aromatic rings. The molecule has 16 heavy (non-hydrogen) atoms. The molecule has 1 atom stereocenters. The van der Waals surface area contributed by atoms with Crippen LogP contribution in [0.2, 0.25) is 0 Å². The molecule has 3 rings (SSSR count). The molecule has 2 aromatic heterocycles. The zero-order valence-electron chi connectivity index (χ0n) is 8.90. The first-order valence-electron chi connectivity index (χ1n) is 5.58. The monoisotopic (exact) mass is 280 g/mol. The largest absolute Gasteiger partial charge is 0.358 e. The number of aromatic nitrogens is 2. The van der Waals surface area contributed by atoms with Crippen LogP contribution in [0, 0.1) is 0 Å². The van der Waals surface area contributed by atoms with Gasteiger partial charge in [0.25, 0.3) is 0 Å². The van der Waals surface area contributed by atoms with E-state index in [4.69, 9.17) is 4.74 Å². The number of hydrogen-bond donors (Lipinski definition) is 0. The minimum atomic E-state index is 0.167. The van der Waals surface area contributed by atoms with Gasteiger partial charge in [-0.1, -0.05) is 0 Å². The minimum Gasteiger partial charge on any atom is -0.358 e. The number of hydrogen-bond acceptors (Lipinski definition) is 2. The van der Waals surface area contributed by atoms with Crippen LogP contribution in [-0.2, 0) is 4.74 Å². The van der Waals surface area contributed by atoms with Crippen LogP contribution >= 0.6 is 15.9 Å². The van der Waals surface area contributed by atoms with Crippen LogP contribution in [-0.4, -0.2) is 16.2 Å². The Labute approximate surface area is 103 Å². The lowest BCUT2D eigenvalue weighted by molar-refractivity contribution is -0.0294. The van der Waals surface area contributed by atoms with Crippen LogP contribution in [0.15, 0.2) is 29.0 Å². The van der Waals surface area contributed by atoms with Crippen molar-refractivity contribution in [2.24, 2.45) is 0 Å². The molecule has 1 saturated heterocycles. The third-order valence-corrected chi connectivity index (χ3v) is 3.42. The molecule has 0 radical (unpaired) electrons. The van der Waals surface area contributed by atoms with E-state index >= 15 is 0 Å². The Morgan fingerprint density at radius 3 is 3.19 bits per heavy atom. The van der Waals surface area contributed by atoms with Gasteiger partial charge in [-0.05, 0) is 47.3 Å². The molecule has 1 aliphatic heterocycles. The molecule has 0 bridgehead atoms. The van der Waals surface area contributed by atoms with Gasteiger partial charge in [0, 0.05) is 28.9 Å². The van der Waals surface area contributed by atoms with E-state index in [1.165, 1.54) is 12.8 Å². The standard InChI is InChI=1S/C12H13BrN2O/c13-10-7-9-4-5-15(12(9)14-8-10)11-3-1-2-6-16-11/h4-5,7-8,11H,1-3,6H2. The van der Waals surface area contributed by atoms with Crippen molar-refractivity contribution >= 4 is 27.0 Å². The van der Waals surface area contributed by atoms with Crippen molar-refractivity contribution in [2.45, 2.75) is 25.5 Å². The Morgan fingerprint density at radius 1 is 1.44 bits per heavy atom. The average Bonchev–Trinajstić information content (AvgIpc) is 2.73. The highest BCUT2D eigenvalue weighted by Crippen LogP contribution is 2.27. The van der Waals surface area contributed by atoms with Crippen LogP contribution in [0.3, 0.4) is 0 Å². The molecule has 0 saturated carbocycles. The van der Waals surface area contributed by atoms with Gasteiger partial charge in [-0.25, -0.2) is 4.98 Å². The van der Waals surface area contributed by atoms with E-state index in [1.807, 2.05) is 6.20 Å². The van der Waals surface area contributed by atoms with E-state index in [2.05, 4.69) is 43.8 Å². The lowest BCUT2D eigenvalue weighted by Crippen LogP contribution is -2.17. The Kier molecular flexibility index (Phi) is 2.69. The van der Waals surface area contributed by atoms with Gasteiger partial charge in [0.1, 0.15) is 11.9 Å². The molecule has 3 heterocycles. The first-order chi connectivity index (χ1) is 7.84. The Balaban J connectivity index is 2.03. The fraction of sp³-hybridized carbons (Fsp3) is 0.417. The third kappa shape index (κ3) is 1.76. The molecule has 0 amide bonds. The fourth-order valence-corrected chi connectivity index (χ4v) is 2.54. The average molecular weight is 281 g/mol. The first-order valence-corrected chi connectivity index (χ1v) is 6.37. The Bertz CT molecular complexity index is 503. The molecule has 84 valence electrons. The second-order valence-corrected chi connectivity index (χ2v) is 5.03. The number of nitrogens with zero attached hydrogens (tertiary/aromatic N) is 2. The highest BCUT2D eigenvalue weighted by atomic mass is 79.9. The molecule has 3 nitrogen and oxygen atoms in total. The van der Waals surface area contributed by atoms with E-state index < -0.39 is 0 Å². The van der Waals surface area contributed by atoms with Gasteiger partial charge in [-0.15, -0.1) is 0 Å². The summed E-state index contributed by atoms with van der Waals surface area (Å²) in [6, 6.07) is 4.17. The SMILES string of the molecule is Brc1cnc2c(ccn2C2CCCCO2)c1. The molecular weight excluding hydrogens is 268 g/mol. The van der Waals surface area contributed by atoms with E-state index in [0.29, 0.717) is 0 Å². The normalized spacial score (nSPS) is 21.4. The summed E-state index contributed by atoms with van der Waals surface area (Å²) >= 11 is 3.43. The maximum absolute atomic E-state index is 5.77. The lowest BCUT2D eigenvalue weighted by atomic mass is 10.2. The Hall–Kier alpha value is -0.870. The van der Waals surface area contributed by atoms with Crippen LogP contribution < -0.4 is 0 Å². The summed E-state index contributed by atoms with van der Waals surface area (Å²) in [5.74, 6) is 0. The summed E-state index contributed by atoms with van der Waals surface area (Å²) in [4.78, 5) is 4.45. The fourth-order valence-electron chi connectivity index (χ4n) is 2.19. The number of fused-ring (bicyclic) bond motifs is 1. The summed E-state index contributed by atoms with van der Waals surface area (Å²) in [5.41, 5.74) is 1.01. The van der Waals surface area contributed by atoms with Crippen molar-refractivity contribution < 1.29 is 4.74 Å². The zero-order valence-corrected chi connectivity index (χ0v) is 10.5. The first kappa shape index (κ1) is 10.3. The number of pyridine rings is 1. The lowest BCUT2D eigenvalue weighted by Gasteiger charge is -2.24. The third-order valence-electron chi connectivity index (χ3n) is 2.99. The van der Waals surface area contributed by atoms with Gasteiger partial charge >= 0.3 is 0 Å². The van der Waals surface area contributed by atoms with E-state index in [-0.39, 0.29) is 6.23 Å². The van der Waals surface area contributed by atoms with Crippen molar-refractivity contribution in [2.75, 3.05) is 6.61 Å². The molecule has 1 fully saturated rings. The van der Waals surface area contributed by atoms with Crippen LogP contribution in [0.5, 0.6) is 0 Å². The number of ether oxygens (including phenoxy) is 1. The van der Waals surface area contributed by atoms with E-state index in [0.717, 1.165) is 28.5 Å². The topological polar surface area (TPSA) is 27.1 Å². The smallest absolute Gasteiger partial charge is 0.142 e. The molecular formula is C12H13BrN2O. The van der Waals surface area contributed by atoms with Crippen LogP contribution in [0.25, 0.3) is 11.0 Å². The number of halogens is 1. The van der Waals surface area contributed by atoms with Gasteiger partial charge in [0.2, 0.25) is 0 Å². The zero-order chi connectivity index (χ0) is 11.0. The van der Waals surface area contributed by atoms with Gasteiger partial charge in [0.05, 0.1) is 0 Å². The maximum Gasteiger partial charge on any atom is 0.142 e. The molecule has 1 unspecified atom stereocenters. The van der Waals surface area contributed by atoms with Crippen molar-refractivity contribution in [1.82, 2.24) is 9.55 Å². The molecule has 0 aliphatic carbocycles. The van der Waals surface area contributed by atoms with E-state index in [9.17, 15) is 0 Å². The van der Waals surface area contributed by atoms with E-state index in [1.54, 1.807) is 0 Å². The molecule has 4 heteroatoms. The van der Waals surface area contributed by atoms with Crippen LogP contribution in [0.1, 0.15) is 25.5 Å². The van der Waals surface area contributed by atoms with Gasteiger partial charge in [-0.2, -0.15) is 0 Å². The van der Waals surface area contributed by atoms with Gasteiger partial charge in [0.15, 0.2) is 0 Å². The summed E-state index contributed by atoms with van der Waals surface area (Å²) in [7, 11) is 0. The highest BCUT2D eigenvalue weighted by Gasteiger charge is 2.17. The summed E-state index contributed by atoms with van der Waals surface area (Å²) in [5, 5.41) is 1.16. The van der Waals surface area contributed by atoms with Gasteiger partial charge < -0.3 is 9.30 Å². The van der Waals surface area contributed by atoms with Crippen molar-refractivity contribution in [3.05, 3.63) is 29.0 Å². The predicted molar refractivity (Wildman–Crippen MR) is 66.3 cm³/mol. The minimum absolute atomic E-state index is 0.167.